The molecule has 1 fully saturated rings. The lowest BCUT2D eigenvalue weighted by atomic mass is 10.1. The van der Waals surface area contributed by atoms with Crippen LogP contribution in [0.1, 0.15) is 26.7 Å². The smallest absolute Gasteiger partial charge is 0.322 e. The van der Waals surface area contributed by atoms with Crippen molar-refractivity contribution in [1.82, 2.24) is 20.3 Å². The van der Waals surface area contributed by atoms with Gasteiger partial charge < -0.3 is 20.3 Å². The van der Waals surface area contributed by atoms with E-state index in [0.717, 1.165) is 13.0 Å². The van der Waals surface area contributed by atoms with Crippen molar-refractivity contribution in [1.29, 1.82) is 0 Å². The molecule has 21 heavy (non-hydrogen) atoms. The third-order valence-corrected chi connectivity index (χ3v) is 3.29. The molecule has 1 aromatic heterocycles. The molecule has 1 amide bonds. The molecular weight excluding hydrogens is 272 g/mol. The number of nitrogens with zero attached hydrogens (tertiary/aromatic N) is 4. The largest absolute Gasteiger partial charge is 0.467 e. The van der Waals surface area contributed by atoms with Crippen molar-refractivity contribution in [2.24, 2.45) is 0 Å². The zero-order valence-electron chi connectivity index (χ0n) is 12.7. The summed E-state index contributed by atoms with van der Waals surface area (Å²) in [6.45, 7) is 6.06. The molecule has 1 aromatic rings. The SMILES string of the molecule is CCCNc1nc(OC)nc(N2CCNC(=O)C2CC)n1. The molecule has 8 nitrogen and oxygen atoms in total. The van der Waals surface area contributed by atoms with Gasteiger partial charge in [0.05, 0.1) is 7.11 Å². The lowest BCUT2D eigenvalue weighted by Crippen LogP contribution is -2.55. The Kier molecular flexibility index (Phi) is 5.13. The molecule has 116 valence electrons. The first-order valence-electron chi connectivity index (χ1n) is 7.27. The summed E-state index contributed by atoms with van der Waals surface area (Å²) in [7, 11) is 1.52. The van der Waals surface area contributed by atoms with Gasteiger partial charge in [-0.25, -0.2) is 0 Å². The number of rotatable bonds is 6. The second-order valence-corrected chi connectivity index (χ2v) is 4.78. The highest BCUT2D eigenvalue weighted by molar-refractivity contribution is 5.85. The molecule has 0 spiro atoms. The number of ether oxygens (including phenoxy) is 1. The Bertz CT molecular complexity index is 496. The van der Waals surface area contributed by atoms with Gasteiger partial charge >= 0.3 is 6.01 Å². The third kappa shape index (κ3) is 3.50. The van der Waals surface area contributed by atoms with Crippen molar-refractivity contribution in [3.05, 3.63) is 0 Å². The second-order valence-electron chi connectivity index (χ2n) is 4.78. The quantitative estimate of drug-likeness (QED) is 0.785. The maximum atomic E-state index is 11.9. The highest BCUT2D eigenvalue weighted by atomic mass is 16.5. The van der Waals surface area contributed by atoms with Crippen molar-refractivity contribution < 1.29 is 9.53 Å². The van der Waals surface area contributed by atoms with Crippen LogP contribution < -0.4 is 20.3 Å². The molecule has 2 heterocycles. The van der Waals surface area contributed by atoms with Crippen LogP contribution in [0.4, 0.5) is 11.9 Å². The number of hydrogen-bond acceptors (Lipinski definition) is 7. The Hall–Kier alpha value is -2.12. The van der Waals surface area contributed by atoms with Crippen LogP contribution in [0.3, 0.4) is 0 Å². The molecule has 8 heteroatoms. The topological polar surface area (TPSA) is 92.3 Å². The van der Waals surface area contributed by atoms with E-state index in [1.807, 2.05) is 11.8 Å². The zero-order valence-corrected chi connectivity index (χ0v) is 12.7. The Labute approximate surface area is 124 Å². The lowest BCUT2D eigenvalue weighted by molar-refractivity contribution is -0.123. The van der Waals surface area contributed by atoms with Gasteiger partial charge in [0.2, 0.25) is 17.8 Å². The van der Waals surface area contributed by atoms with E-state index in [1.165, 1.54) is 7.11 Å². The van der Waals surface area contributed by atoms with Crippen molar-refractivity contribution in [3.8, 4) is 6.01 Å². The van der Waals surface area contributed by atoms with Crippen LogP contribution in [-0.2, 0) is 4.79 Å². The predicted octanol–water partition coefficient (Wildman–Crippen LogP) is 0.417. The molecule has 0 saturated carbocycles. The van der Waals surface area contributed by atoms with Gasteiger partial charge in [-0.1, -0.05) is 13.8 Å². The lowest BCUT2D eigenvalue weighted by Gasteiger charge is -2.34. The van der Waals surface area contributed by atoms with E-state index in [0.29, 0.717) is 31.4 Å². The number of aromatic nitrogens is 3. The third-order valence-electron chi connectivity index (χ3n) is 3.29. The van der Waals surface area contributed by atoms with E-state index in [2.05, 4.69) is 32.5 Å². The number of methoxy groups -OCH3 is 1. The fourth-order valence-corrected chi connectivity index (χ4v) is 2.24. The van der Waals surface area contributed by atoms with Gasteiger partial charge in [0, 0.05) is 19.6 Å². The van der Waals surface area contributed by atoms with E-state index in [4.69, 9.17) is 4.74 Å². The van der Waals surface area contributed by atoms with Crippen LogP contribution in [0.2, 0.25) is 0 Å². The fraction of sp³-hybridized carbons (Fsp3) is 0.692. The molecule has 1 atom stereocenters. The summed E-state index contributed by atoms with van der Waals surface area (Å²) in [5, 5.41) is 5.98. The minimum Gasteiger partial charge on any atom is -0.467 e. The number of amides is 1. The molecule has 0 aromatic carbocycles. The summed E-state index contributed by atoms with van der Waals surface area (Å²) in [6, 6.07) is -0.00989. The van der Waals surface area contributed by atoms with Crippen LogP contribution >= 0.6 is 0 Å². The van der Waals surface area contributed by atoms with Crippen molar-refractivity contribution >= 4 is 17.8 Å². The molecule has 1 aliphatic heterocycles. The van der Waals surface area contributed by atoms with Crippen molar-refractivity contribution in [3.63, 3.8) is 0 Å². The van der Waals surface area contributed by atoms with Gasteiger partial charge in [0.15, 0.2) is 0 Å². The van der Waals surface area contributed by atoms with Gasteiger partial charge in [0.1, 0.15) is 6.04 Å². The number of hydrogen-bond donors (Lipinski definition) is 2. The maximum absolute atomic E-state index is 11.9. The summed E-state index contributed by atoms with van der Waals surface area (Å²) in [4.78, 5) is 26.7. The van der Waals surface area contributed by atoms with Gasteiger partial charge in [-0.3, -0.25) is 4.79 Å². The summed E-state index contributed by atoms with van der Waals surface area (Å²) in [6.07, 6.45) is 1.66. The molecule has 1 saturated heterocycles. The first-order valence-corrected chi connectivity index (χ1v) is 7.27. The molecular formula is C13H22N6O2. The summed E-state index contributed by atoms with van der Waals surface area (Å²) >= 11 is 0. The maximum Gasteiger partial charge on any atom is 0.322 e. The molecule has 0 bridgehead atoms. The molecule has 0 aliphatic carbocycles. The summed E-state index contributed by atoms with van der Waals surface area (Å²) < 4.78 is 5.13. The molecule has 1 aliphatic rings. The molecule has 1 unspecified atom stereocenters. The van der Waals surface area contributed by atoms with E-state index < -0.39 is 0 Å². The molecule has 2 rings (SSSR count). The Morgan fingerprint density at radius 3 is 2.86 bits per heavy atom. The van der Waals surface area contributed by atoms with Gasteiger partial charge in [0.25, 0.3) is 0 Å². The number of carbonyl (C=O) groups excluding carboxylic acids is 1. The van der Waals surface area contributed by atoms with E-state index >= 15 is 0 Å². The highest BCUT2D eigenvalue weighted by Crippen LogP contribution is 2.20. The summed E-state index contributed by atoms with van der Waals surface area (Å²) in [5.41, 5.74) is 0. The number of piperazine rings is 1. The van der Waals surface area contributed by atoms with E-state index in [1.54, 1.807) is 0 Å². The number of nitrogens with one attached hydrogen (secondary N) is 2. The van der Waals surface area contributed by atoms with Crippen molar-refractivity contribution in [2.75, 3.05) is 37.0 Å². The second kappa shape index (κ2) is 7.05. The summed E-state index contributed by atoms with van der Waals surface area (Å²) in [5.74, 6) is 0.952. The van der Waals surface area contributed by atoms with Gasteiger partial charge in [-0.15, -0.1) is 0 Å². The first-order chi connectivity index (χ1) is 10.2. The first kappa shape index (κ1) is 15.3. The predicted molar refractivity (Wildman–Crippen MR) is 79.6 cm³/mol. The Morgan fingerprint density at radius 1 is 1.38 bits per heavy atom. The van der Waals surface area contributed by atoms with Crippen LogP contribution in [0.25, 0.3) is 0 Å². The van der Waals surface area contributed by atoms with Gasteiger partial charge in [-0.2, -0.15) is 15.0 Å². The standard InChI is InChI=1S/C13H22N6O2/c1-4-6-15-11-16-12(18-13(17-11)21-3)19-8-7-14-10(20)9(19)5-2/h9H,4-8H2,1-3H3,(H,14,20)(H,15,16,17,18). The van der Waals surface area contributed by atoms with Crippen LogP contribution in [0.15, 0.2) is 0 Å². The molecule has 2 N–H and O–H groups in total. The average molecular weight is 294 g/mol. The van der Waals surface area contributed by atoms with Gasteiger partial charge in [-0.05, 0) is 12.8 Å². The van der Waals surface area contributed by atoms with E-state index in [-0.39, 0.29) is 18.0 Å². The fourth-order valence-electron chi connectivity index (χ4n) is 2.24. The van der Waals surface area contributed by atoms with E-state index in [9.17, 15) is 4.79 Å². The number of anilines is 2. The Balaban J connectivity index is 2.29. The van der Waals surface area contributed by atoms with Crippen LogP contribution in [0.5, 0.6) is 6.01 Å². The number of carbonyl (C=O) groups is 1. The Morgan fingerprint density at radius 2 is 2.19 bits per heavy atom. The zero-order chi connectivity index (χ0) is 15.2. The van der Waals surface area contributed by atoms with Crippen LogP contribution in [-0.4, -0.2) is 53.6 Å². The average Bonchev–Trinajstić information content (AvgIpc) is 2.52. The highest BCUT2D eigenvalue weighted by Gasteiger charge is 2.30. The normalized spacial score (nSPS) is 18.3. The minimum absolute atomic E-state index is 0.00574. The van der Waals surface area contributed by atoms with Crippen molar-refractivity contribution in [2.45, 2.75) is 32.7 Å². The minimum atomic E-state index is -0.259. The molecule has 0 radical (unpaired) electrons. The van der Waals surface area contributed by atoms with Crippen LogP contribution in [0, 0.1) is 0 Å². The monoisotopic (exact) mass is 294 g/mol.